The minimum absolute atomic E-state index is 0.517. The van der Waals surface area contributed by atoms with Gasteiger partial charge in [-0.25, -0.2) is 9.97 Å². The number of benzene rings is 2. The lowest BCUT2D eigenvalue weighted by atomic mass is 10.1. The van der Waals surface area contributed by atoms with Crippen LogP contribution in [0.1, 0.15) is 16.1 Å². The number of morpholine rings is 1. The van der Waals surface area contributed by atoms with Crippen LogP contribution in [-0.4, -0.2) is 36.3 Å². The number of ether oxygens (including phenoxy) is 1. The second-order valence-corrected chi connectivity index (χ2v) is 9.21. The molecule has 7 heteroatoms. The summed E-state index contributed by atoms with van der Waals surface area (Å²) in [6.45, 7) is 4.94. The van der Waals surface area contributed by atoms with Crippen molar-refractivity contribution in [2.45, 2.75) is 6.92 Å². The zero-order valence-corrected chi connectivity index (χ0v) is 19.7. The number of allylic oxidation sites excluding steroid dienone is 1. The Hall–Kier alpha value is -3.24. The van der Waals surface area contributed by atoms with Crippen molar-refractivity contribution in [2.75, 3.05) is 31.2 Å². The van der Waals surface area contributed by atoms with Crippen LogP contribution >= 0.6 is 22.9 Å². The summed E-state index contributed by atoms with van der Waals surface area (Å²) in [6.07, 6.45) is 1.91. The van der Waals surface area contributed by atoms with E-state index < -0.39 is 0 Å². The number of halogens is 1. The first-order chi connectivity index (χ1) is 16.1. The van der Waals surface area contributed by atoms with Crippen LogP contribution in [-0.2, 0) is 4.74 Å². The molecule has 1 fully saturated rings. The molecule has 2 aromatic carbocycles. The largest absolute Gasteiger partial charge is 0.378 e. The van der Waals surface area contributed by atoms with Gasteiger partial charge in [-0.2, -0.15) is 5.26 Å². The number of nitriles is 1. The second kappa shape index (κ2) is 9.32. The fourth-order valence-electron chi connectivity index (χ4n) is 3.88. The molecule has 2 aromatic heterocycles. The van der Waals surface area contributed by atoms with Crippen molar-refractivity contribution in [1.82, 2.24) is 9.97 Å². The van der Waals surface area contributed by atoms with E-state index in [9.17, 15) is 5.26 Å². The molecule has 1 aliphatic heterocycles. The van der Waals surface area contributed by atoms with E-state index in [2.05, 4.69) is 36.1 Å². The topological polar surface area (TPSA) is 62.0 Å². The second-order valence-electron chi connectivity index (χ2n) is 7.91. The molecule has 5 nitrogen and oxygen atoms in total. The van der Waals surface area contributed by atoms with Gasteiger partial charge in [-0.3, -0.25) is 0 Å². The molecule has 1 aliphatic rings. The van der Waals surface area contributed by atoms with Crippen molar-refractivity contribution in [3.05, 3.63) is 75.1 Å². The van der Waals surface area contributed by atoms with Gasteiger partial charge in [0.1, 0.15) is 16.9 Å². The standard InChI is InChI=1S/C26H21ClN4OS/c1-17-2-7-23-19(12-17)13-20(25(29-23)31-8-10-32-11-9-31)14-21(15-28)26-30-24(16-33-26)18-3-5-22(27)6-4-18/h2-7,12-14,16H,8-11H2,1H3/b21-14+. The normalized spacial score (nSPS) is 14.5. The molecule has 0 saturated carbocycles. The molecule has 0 amide bonds. The lowest BCUT2D eigenvalue weighted by Gasteiger charge is -2.29. The summed E-state index contributed by atoms with van der Waals surface area (Å²) in [4.78, 5) is 11.9. The van der Waals surface area contributed by atoms with Crippen molar-refractivity contribution < 1.29 is 4.74 Å². The fraction of sp³-hybridized carbons (Fsp3) is 0.192. The van der Waals surface area contributed by atoms with Gasteiger partial charge in [0, 0.05) is 40.0 Å². The van der Waals surface area contributed by atoms with E-state index in [-0.39, 0.29) is 0 Å². The van der Waals surface area contributed by atoms with E-state index in [0.717, 1.165) is 46.6 Å². The summed E-state index contributed by atoms with van der Waals surface area (Å²) >= 11 is 7.47. The lowest BCUT2D eigenvalue weighted by molar-refractivity contribution is 0.122. The molecule has 0 radical (unpaired) electrons. The monoisotopic (exact) mass is 472 g/mol. The Balaban J connectivity index is 1.58. The van der Waals surface area contributed by atoms with Crippen molar-refractivity contribution >= 4 is 51.3 Å². The van der Waals surface area contributed by atoms with Gasteiger partial charge in [-0.15, -0.1) is 11.3 Å². The number of rotatable bonds is 4. The molecule has 0 spiro atoms. The maximum atomic E-state index is 9.99. The number of fused-ring (bicyclic) bond motifs is 1. The first-order valence-corrected chi connectivity index (χ1v) is 11.9. The first-order valence-electron chi connectivity index (χ1n) is 10.7. The number of nitrogens with zero attached hydrogens (tertiary/aromatic N) is 4. The summed E-state index contributed by atoms with van der Waals surface area (Å²) in [6, 6.07) is 18.3. The summed E-state index contributed by atoms with van der Waals surface area (Å²) in [5.74, 6) is 0.872. The van der Waals surface area contributed by atoms with Crippen LogP contribution in [0.2, 0.25) is 5.02 Å². The smallest absolute Gasteiger partial charge is 0.136 e. The van der Waals surface area contributed by atoms with Gasteiger partial charge >= 0.3 is 0 Å². The Morgan fingerprint density at radius 1 is 1.12 bits per heavy atom. The van der Waals surface area contributed by atoms with Crippen molar-refractivity contribution in [3.8, 4) is 17.3 Å². The van der Waals surface area contributed by atoms with Crippen LogP contribution in [0.3, 0.4) is 0 Å². The van der Waals surface area contributed by atoms with E-state index in [4.69, 9.17) is 26.3 Å². The van der Waals surface area contributed by atoms with Gasteiger partial charge in [0.2, 0.25) is 0 Å². The number of aryl methyl sites for hydroxylation is 1. The van der Waals surface area contributed by atoms with E-state index in [1.807, 2.05) is 41.8 Å². The molecule has 33 heavy (non-hydrogen) atoms. The highest BCUT2D eigenvalue weighted by Gasteiger charge is 2.18. The Kier molecular flexibility index (Phi) is 6.10. The summed E-state index contributed by atoms with van der Waals surface area (Å²) in [5, 5.41) is 14.4. The van der Waals surface area contributed by atoms with Crippen LogP contribution in [0.4, 0.5) is 5.82 Å². The van der Waals surface area contributed by atoms with Crippen LogP contribution < -0.4 is 4.90 Å². The van der Waals surface area contributed by atoms with Crippen LogP contribution in [0.15, 0.2) is 53.9 Å². The van der Waals surface area contributed by atoms with E-state index >= 15 is 0 Å². The molecule has 4 aromatic rings. The predicted octanol–water partition coefficient (Wildman–Crippen LogP) is 6.22. The maximum Gasteiger partial charge on any atom is 0.136 e. The third kappa shape index (κ3) is 4.62. The lowest BCUT2D eigenvalue weighted by Crippen LogP contribution is -2.37. The van der Waals surface area contributed by atoms with Crippen LogP contribution in [0.25, 0.3) is 33.8 Å². The number of hydrogen-bond acceptors (Lipinski definition) is 6. The molecular weight excluding hydrogens is 452 g/mol. The Labute approximate surface area is 201 Å². The van der Waals surface area contributed by atoms with Crippen molar-refractivity contribution in [3.63, 3.8) is 0 Å². The molecule has 0 bridgehead atoms. The fourth-order valence-corrected chi connectivity index (χ4v) is 4.81. The van der Waals surface area contributed by atoms with Gasteiger partial charge in [-0.05, 0) is 43.3 Å². The van der Waals surface area contributed by atoms with Gasteiger partial charge in [0.15, 0.2) is 0 Å². The highest BCUT2D eigenvalue weighted by atomic mass is 35.5. The zero-order valence-electron chi connectivity index (χ0n) is 18.1. The van der Waals surface area contributed by atoms with Crippen LogP contribution in [0, 0.1) is 18.3 Å². The third-order valence-electron chi connectivity index (χ3n) is 5.58. The number of anilines is 1. The molecule has 1 saturated heterocycles. The molecular formula is C26H21ClN4OS. The molecule has 164 valence electrons. The zero-order chi connectivity index (χ0) is 22.8. The van der Waals surface area contributed by atoms with Crippen LogP contribution in [0.5, 0.6) is 0 Å². The number of thiazole rings is 1. The molecule has 0 unspecified atom stereocenters. The van der Waals surface area contributed by atoms with E-state index in [0.29, 0.717) is 28.8 Å². The number of hydrogen-bond donors (Lipinski definition) is 0. The molecule has 0 N–H and O–H groups in total. The average molecular weight is 473 g/mol. The molecule has 0 aliphatic carbocycles. The maximum absolute atomic E-state index is 9.99. The van der Waals surface area contributed by atoms with E-state index in [1.54, 1.807) is 0 Å². The van der Waals surface area contributed by atoms with Crippen molar-refractivity contribution in [2.24, 2.45) is 0 Å². The number of aromatic nitrogens is 2. The first kappa shape index (κ1) is 21.6. The third-order valence-corrected chi connectivity index (χ3v) is 6.71. The van der Waals surface area contributed by atoms with Gasteiger partial charge in [0.05, 0.1) is 30.0 Å². The molecule has 5 rings (SSSR count). The number of pyridine rings is 1. The van der Waals surface area contributed by atoms with Gasteiger partial charge in [-0.1, -0.05) is 35.4 Å². The average Bonchev–Trinajstić information content (AvgIpc) is 3.33. The quantitative estimate of drug-likeness (QED) is 0.330. The Bertz CT molecular complexity index is 1380. The van der Waals surface area contributed by atoms with Gasteiger partial charge < -0.3 is 9.64 Å². The van der Waals surface area contributed by atoms with Crippen molar-refractivity contribution in [1.29, 1.82) is 5.26 Å². The predicted molar refractivity (Wildman–Crippen MR) is 136 cm³/mol. The highest BCUT2D eigenvalue weighted by Crippen LogP contribution is 2.31. The highest BCUT2D eigenvalue weighted by molar-refractivity contribution is 7.11. The molecule has 0 atom stereocenters. The minimum atomic E-state index is 0.517. The Morgan fingerprint density at radius 3 is 2.67 bits per heavy atom. The summed E-state index contributed by atoms with van der Waals surface area (Å²) in [5.41, 5.74) is 5.34. The van der Waals surface area contributed by atoms with E-state index in [1.165, 1.54) is 16.9 Å². The molecule has 3 heterocycles. The minimum Gasteiger partial charge on any atom is -0.378 e. The SMILES string of the molecule is Cc1ccc2nc(N3CCOCC3)c(/C=C(\C#N)c3nc(-c4ccc(Cl)cc4)cs3)cc2c1. The Morgan fingerprint density at radius 2 is 1.91 bits per heavy atom. The van der Waals surface area contributed by atoms with Gasteiger partial charge in [0.25, 0.3) is 0 Å². The summed E-state index contributed by atoms with van der Waals surface area (Å²) < 4.78 is 5.53. The summed E-state index contributed by atoms with van der Waals surface area (Å²) in [7, 11) is 0.